The first-order valence-electron chi connectivity index (χ1n) is 10.2. The Morgan fingerprint density at radius 2 is 1.88 bits per heavy atom. The standard InChI is InChI=1S/C23H33NO/c1-3-20(15-19-7-5-4-6-8-19)22-16-23(22)24-21-13-11-18(12-14-21)10-9-17(2)25/h4-8,15,18,21-24H,3,9-14,16H2,1-2H3/b20-15+/t18?,21?,22-,23+/m0/s1. The molecule has 0 bridgehead atoms. The van der Waals surface area contributed by atoms with Gasteiger partial charge < -0.3 is 10.1 Å². The molecule has 1 aromatic rings. The van der Waals surface area contributed by atoms with Crippen molar-refractivity contribution in [1.82, 2.24) is 5.32 Å². The molecule has 2 aliphatic rings. The van der Waals surface area contributed by atoms with E-state index in [9.17, 15) is 4.79 Å². The minimum absolute atomic E-state index is 0.346. The number of ketones is 1. The van der Waals surface area contributed by atoms with Gasteiger partial charge in [0.1, 0.15) is 5.78 Å². The Morgan fingerprint density at radius 1 is 1.16 bits per heavy atom. The first-order valence-corrected chi connectivity index (χ1v) is 10.2. The fourth-order valence-electron chi connectivity index (χ4n) is 4.35. The lowest BCUT2D eigenvalue weighted by atomic mass is 9.83. The van der Waals surface area contributed by atoms with Crippen LogP contribution in [0.15, 0.2) is 35.9 Å². The summed E-state index contributed by atoms with van der Waals surface area (Å²) < 4.78 is 0. The van der Waals surface area contributed by atoms with Crippen molar-refractivity contribution in [3.63, 3.8) is 0 Å². The molecule has 2 nitrogen and oxygen atoms in total. The van der Waals surface area contributed by atoms with Crippen LogP contribution in [0.3, 0.4) is 0 Å². The van der Waals surface area contributed by atoms with Gasteiger partial charge in [0, 0.05) is 18.5 Å². The summed E-state index contributed by atoms with van der Waals surface area (Å²) in [5.74, 6) is 1.86. The molecular weight excluding hydrogens is 306 g/mol. The van der Waals surface area contributed by atoms with E-state index in [1.165, 1.54) is 37.7 Å². The Kier molecular flexibility index (Phi) is 6.47. The Morgan fingerprint density at radius 3 is 2.52 bits per heavy atom. The van der Waals surface area contributed by atoms with Crippen molar-refractivity contribution in [2.24, 2.45) is 11.8 Å². The monoisotopic (exact) mass is 339 g/mol. The van der Waals surface area contributed by atoms with E-state index in [1.807, 2.05) is 0 Å². The van der Waals surface area contributed by atoms with Crippen LogP contribution in [-0.2, 0) is 4.79 Å². The van der Waals surface area contributed by atoms with Crippen molar-refractivity contribution in [2.45, 2.75) is 77.3 Å². The number of hydrogen-bond donors (Lipinski definition) is 1. The van der Waals surface area contributed by atoms with Gasteiger partial charge in [-0.2, -0.15) is 0 Å². The normalized spacial score (nSPS) is 29.4. The van der Waals surface area contributed by atoms with Gasteiger partial charge in [0.05, 0.1) is 0 Å². The van der Waals surface area contributed by atoms with E-state index < -0.39 is 0 Å². The molecule has 2 saturated carbocycles. The quantitative estimate of drug-likeness (QED) is 0.688. The summed E-state index contributed by atoms with van der Waals surface area (Å²) in [6.45, 7) is 4.00. The fraction of sp³-hybridized carbons (Fsp3) is 0.609. The molecule has 2 atom stereocenters. The highest BCUT2D eigenvalue weighted by Gasteiger charge is 2.40. The van der Waals surface area contributed by atoms with Crippen molar-refractivity contribution in [1.29, 1.82) is 0 Å². The topological polar surface area (TPSA) is 29.1 Å². The zero-order valence-electron chi connectivity index (χ0n) is 15.8. The largest absolute Gasteiger partial charge is 0.311 e. The van der Waals surface area contributed by atoms with Gasteiger partial charge in [-0.3, -0.25) is 0 Å². The Hall–Kier alpha value is -1.41. The first-order chi connectivity index (χ1) is 12.2. The number of rotatable bonds is 8. The summed E-state index contributed by atoms with van der Waals surface area (Å²) in [5, 5.41) is 3.92. The van der Waals surface area contributed by atoms with Gasteiger partial charge in [-0.25, -0.2) is 0 Å². The number of nitrogens with one attached hydrogen (secondary N) is 1. The molecule has 0 radical (unpaired) electrons. The molecule has 25 heavy (non-hydrogen) atoms. The Bertz CT molecular complexity index is 583. The molecule has 2 fully saturated rings. The van der Waals surface area contributed by atoms with Crippen LogP contribution in [0, 0.1) is 11.8 Å². The maximum absolute atomic E-state index is 11.1. The third-order valence-electron chi connectivity index (χ3n) is 6.03. The number of benzene rings is 1. The third-order valence-corrected chi connectivity index (χ3v) is 6.03. The van der Waals surface area contributed by atoms with Crippen molar-refractivity contribution in [2.75, 3.05) is 0 Å². The maximum atomic E-state index is 11.1. The SMILES string of the molecule is CC/C(=C\c1ccccc1)[C@@H]1C[C@H]1NC1CCC(CCC(C)=O)CC1. The highest BCUT2D eigenvalue weighted by Crippen LogP contribution is 2.41. The van der Waals surface area contributed by atoms with E-state index in [4.69, 9.17) is 0 Å². The fourth-order valence-corrected chi connectivity index (χ4v) is 4.35. The molecule has 0 heterocycles. The molecule has 0 spiro atoms. The average Bonchev–Trinajstić information content (AvgIpc) is 3.39. The molecule has 3 rings (SSSR count). The van der Waals surface area contributed by atoms with Crippen LogP contribution in [0.25, 0.3) is 6.08 Å². The molecule has 0 unspecified atom stereocenters. The summed E-state index contributed by atoms with van der Waals surface area (Å²) in [6, 6.07) is 12.1. The van der Waals surface area contributed by atoms with Crippen molar-refractivity contribution >= 4 is 11.9 Å². The second-order valence-corrected chi connectivity index (χ2v) is 8.06. The average molecular weight is 340 g/mol. The maximum Gasteiger partial charge on any atom is 0.129 e. The smallest absolute Gasteiger partial charge is 0.129 e. The second-order valence-electron chi connectivity index (χ2n) is 8.06. The highest BCUT2D eigenvalue weighted by molar-refractivity contribution is 5.75. The lowest BCUT2D eigenvalue weighted by Gasteiger charge is -2.29. The van der Waals surface area contributed by atoms with Crippen LogP contribution in [0.4, 0.5) is 0 Å². The van der Waals surface area contributed by atoms with E-state index in [1.54, 1.807) is 12.5 Å². The van der Waals surface area contributed by atoms with Gasteiger partial charge in [-0.05, 0) is 69.3 Å². The third kappa shape index (κ3) is 5.54. The van der Waals surface area contributed by atoms with Gasteiger partial charge in [-0.1, -0.05) is 48.9 Å². The lowest BCUT2D eigenvalue weighted by molar-refractivity contribution is -0.117. The summed E-state index contributed by atoms with van der Waals surface area (Å²) in [4.78, 5) is 11.1. The summed E-state index contributed by atoms with van der Waals surface area (Å²) in [6.07, 6.45) is 11.9. The number of Topliss-reactive ketones (excluding diaryl/α,β-unsaturated/α-hetero) is 1. The van der Waals surface area contributed by atoms with Gasteiger partial charge in [-0.15, -0.1) is 0 Å². The molecule has 0 aliphatic heterocycles. The van der Waals surface area contributed by atoms with Crippen LogP contribution in [0.2, 0.25) is 0 Å². The van der Waals surface area contributed by atoms with Crippen LogP contribution in [0.5, 0.6) is 0 Å². The molecule has 2 heteroatoms. The highest BCUT2D eigenvalue weighted by atomic mass is 16.1. The zero-order chi connectivity index (χ0) is 17.6. The number of hydrogen-bond acceptors (Lipinski definition) is 2. The minimum atomic E-state index is 0.346. The van der Waals surface area contributed by atoms with Crippen LogP contribution in [0.1, 0.15) is 70.8 Å². The van der Waals surface area contributed by atoms with Gasteiger partial charge in [0.15, 0.2) is 0 Å². The van der Waals surface area contributed by atoms with Crippen molar-refractivity contribution < 1.29 is 4.79 Å². The van der Waals surface area contributed by atoms with Crippen LogP contribution in [-0.4, -0.2) is 17.9 Å². The Balaban J connectivity index is 1.44. The Labute approximate surface area is 153 Å². The molecule has 0 amide bonds. The molecule has 136 valence electrons. The van der Waals surface area contributed by atoms with Gasteiger partial charge >= 0.3 is 0 Å². The number of carbonyl (C=O) groups excluding carboxylic acids is 1. The van der Waals surface area contributed by atoms with E-state index in [-0.39, 0.29) is 0 Å². The zero-order valence-corrected chi connectivity index (χ0v) is 15.8. The predicted molar refractivity (Wildman–Crippen MR) is 105 cm³/mol. The molecular formula is C23H33NO. The summed E-state index contributed by atoms with van der Waals surface area (Å²) in [5.41, 5.74) is 2.93. The van der Waals surface area contributed by atoms with Crippen molar-refractivity contribution in [3.05, 3.63) is 41.5 Å². The van der Waals surface area contributed by atoms with Crippen LogP contribution >= 0.6 is 0 Å². The van der Waals surface area contributed by atoms with E-state index >= 15 is 0 Å². The van der Waals surface area contributed by atoms with Gasteiger partial charge in [0.2, 0.25) is 0 Å². The van der Waals surface area contributed by atoms with E-state index in [0.717, 1.165) is 31.1 Å². The molecule has 1 aromatic carbocycles. The van der Waals surface area contributed by atoms with E-state index in [2.05, 4.69) is 48.6 Å². The predicted octanol–water partition coefficient (Wildman–Crippen LogP) is 5.39. The summed E-state index contributed by atoms with van der Waals surface area (Å²) in [7, 11) is 0. The lowest BCUT2D eigenvalue weighted by Crippen LogP contribution is -2.35. The first kappa shape index (κ1) is 18.4. The molecule has 0 saturated heterocycles. The molecule has 1 N–H and O–H groups in total. The second kappa shape index (κ2) is 8.80. The van der Waals surface area contributed by atoms with Crippen LogP contribution < -0.4 is 5.32 Å². The number of carbonyl (C=O) groups is 1. The minimum Gasteiger partial charge on any atom is -0.311 e. The van der Waals surface area contributed by atoms with E-state index in [0.29, 0.717) is 17.9 Å². The van der Waals surface area contributed by atoms with Gasteiger partial charge in [0.25, 0.3) is 0 Å². The van der Waals surface area contributed by atoms with Crippen molar-refractivity contribution in [3.8, 4) is 0 Å². The molecule has 2 aliphatic carbocycles. The molecule has 0 aromatic heterocycles. The summed E-state index contributed by atoms with van der Waals surface area (Å²) >= 11 is 0.